The summed E-state index contributed by atoms with van der Waals surface area (Å²) in [6.45, 7) is 0. The summed E-state index contributed by atoms with van der Waals surface area (Å²) in [7, 11) is 0. The van der Waals surface area contributed by atoms with Gasteiger partial charge in [0.25, 0.3) is 0 Å². The van der Waals surface area contributed by atoms with Gasteiger partial charge in [-0.2, -0.15) is 0 Å². The Labute approximate surface area is 232 Å². The maximum absolute atomic E-state index is 14.1. The Bertz CT molecular complexity index is 1340. The van der Waals surface area contributed by atoms with Gasteiger partial charge in [-0.05, 0) is 67.0 Å². The minimum Gasteiger partial charge on any atom is -0.393 e. The summed E-state index contributed by atoms with van der Waals surface area (Å²) in [6, 6.07) is 22.5. The molecule has 198 valence electrons. The molecule has 38 heavy (non-hydrogen) atoms. The topological polar surface area (TPSA) is 104 Å². The van der Waals surface area contributed by atoms with Crippen molar-refractivity contribution >= 4 is 40.7 Å². The molecule has 0 spiro atoms. The van der Waals surface area contributed by atoms with E-state index in [1.165, 1.54) is 0 Å². The number of hydrogen-bond acceptors (Lipinski definition) is 4. The van der Waals surface area contributed by atoms with Gasteiger partial charge < -0.3 is 16.2 Å². The first-order valence-electron chi connectivity index (χ1n) is 12.9. The number of primary amides is 1. The molecular weight excluding hydrogens is 521 g/mol. The highest BCUT2D eigenvalue weighted by atomic mass is 35.5. The van der Waals surface area contributed by atoms with Gasteiger partial charge in [-0.25, -0.2) is 0 Å². The molecule has 2 amide bonds. The third-order valence-electron chi connectivity index (χ3n) is 8.01. The number of nitrogens with two attached hydrogens (primary N) is 1. The van der Waals surface area contributed by atoms with E-state index in [0.29, 0.717) is 41.4 Å². The van der Waals surface area contributed by atoms with Gasteiger partial charge in [0, 0.05) is 34.1 Å². The van der Waals surface area contributed by atoms with Crippen LogP contribution in [0.1, 0.15) is 48.8 Å². The predicted molar refractivity (Wildman–Crippen MR) is 150 cm³/mol. The van der Waals surface area contributed by atoms with Crippen LogP contribution in [0.3, 0.4) is 0 Å². The molecular formula is C30H31Cl2N3O3. The van der Waals surface area contributed by atoms with Crippen LogP contribution < -0.4 is 16.4 Å². The minimum atomic E-state index is -1.24. The maximum Gasteiger partial charge on any atom is 0.249 e. The average molecular weight is 553 g/mol. The van der Waals surface area contributed by atoms with Crippen LogP contribution in [0, 0.1) is 5.92 Å². The lowest BCUT2D eigenvalue weighted by Crippen LogP contribution is -2.63. The lowest BCUT2D eigenvalue weighted by atomic mass is 9.66. The maximum atomic E-state index is 14.1. The van der Waals surface area contributed by atoms with E-state index >= 15 is 0 Å². The van der Waals surface area contributed by atoms with Crippen LogP contribution >= 0.6 is 23.2 Å². The third kappa shape index (κ3) is 5.06. The molecule has 0 radical (unpaired) electrons. The predicted octanol–water partition coefficient (Wildman–Crippen LogP) is 5.30. The minimum absolute atomic E-state index is 0.00866. The molecule has 1 heterocycles. The highest BCUT2D eigenvalue weighted by Gasteiger charge is 2.54. The van der Waals surface area contributed by atoms with Crippen LogP contribution in [0.5, 0.6) is 0 Å². The first-order chi connectivity index (χ1) is 18.2. The van der Waals surface area contributed by atoms with Crippen molar-refractivity contribution in [1.29, 1.82) is 0 Å². The van der Waals surface area contributed by atoms with Gasteiger partial charge in [0.1, 0.15) is 5.54 Å². The number of benzene rings is 3. The van der Waals surface area contributed by atoms with Crippen LogP contribution in [0.4, 0.5) is 5.69 Å². The van der Waals surface area contributed by atoms with Crippen molar-refractivity contribution in [1.82, 2.24) is 5.32 Å². The molecule has 2 aliphatic rings. The smallest absolute Gasteiger partial charge is 0.249 e. The molecule has 0 bridgehead atoms. The molecule has 0 aromatic heterocycles. The summed E-state index contributed by atoms with van der Waals surface area (Å²) < 4.78 is 0. The summed E-state index contributed by atoms with van der Waals surface area (Å²) >= 11 is 12.6. The van der Waals surface area contributed by atoms with E-state index in [4.69, 9.17) is 28.9 Å². The van der Waals surface area contributed by atoms with Gasteiger partial charge in [0.05, 0.1) is 11.6 Å². The van der Waals surface area contributed by atoms with Gasteiger partial charge in [0.15, 0.2) is 0 Å². The number of fused-ring (bicyclic) bond motifs is 1. The Morgan fingerprint density at radius 3 is 2.39 bits per heavy atom. The van der Waals surface area contributed by atoms with Crippen molar-refractivity contribution in [3.63, 3.8) is 0 Å². The fourth-order valence-electron chi connectivity index (χ4n) is 6.30. The monoisotopic (exact) mass is 551 g/mol. The third-order valence-corrected chi connectivity index (χ3v) is 8.48. The van der Waals surface area contributed by atoms with E-state index in [0.717, 1.165) is 16.7 Å². The quantitative estimate of drug-likeness (QED) is 0.305. The molecule has 5 rings (SSSR count). The number of aliphatic hydroxyl groups excluding tert-OH is 1. The molecule has 2 atom stereocenters. The standard InChI is InChI=1S/C30H31Cl2N3O3/c31-22-8-4-5-19(15-22)17-30(25-14-11-23(32)16-26(25)34-28(30)38)35-29(18-27(33)37,20-6-2-1-3-7-20)21-9-12-24(36)13-10-21/h1-8,11,14-16,21,24,35-36H,9-10,12-13,17-18H2,(H2,33,37)(H,34,38). The van der Waals surface area contributed by atoms with E-state index in [-0.39, 0.29) is 30.8 Å². The van der Waals surface area contributed by atoms with Crippen molar-refractivity contribution in [3.8, 4) is 0 Å². The number of amides is 2. The first kappa shape index (κ1) is 26.7. The van der Waals surface area contributed by atoms with Crippen LogP contribution in [0.15, 0.2) is 72.8 Å². The molecule has 2 unspecified atom stereocenters. The van der Waals surface area contributed by atoms with Crippen molar-refractivity contribution in [2.75, 3.05) is 5.32 Å². The number of carbonyl (C=O) groups is 2. The van der Waals surface area contributed by atoms with Crippen LogP contribution in [0.25, 0.3) is 0 Å². The highest BCUT2D eigenvalue weighted by molar-refractivity contribution is 6.31. The summed E-state index contributed by atoms with van der Waals surface area (Å²) in [6.07, 6.45) is 2.48. The van der Waals surface area contributed by atoms with Gasteiger partial charge in [-0.1, -0.05) is 71.7 Å². The fraction of sp³-hybridized carbons (Fsp3) is 0.333. The van der Waals surface area contributed by atoms with E-state index in [2.05, 4.69) is 10.6 Å². The van der Waals surface area contributed by atoms with E-state index in [9.17, 15) is 14.7 Å². The Morgan fingerprint density at radius 2 is 1.71 bits per heavy atom. The molecule has 1 aliphatic heterocycles. The second kappa shape index (κ2) is 10.7. The fourth-order valence-corrected chi connectivity index (χ4v) is 6.69. The summed E-state index contributed by atoms with van der Waals surface area (Å²) in [5, 5.41) is 18.2. The Balaban J connectivity index is 1.72. The Morgan fingerprint density at radius 1 is 1.00 bits per heavy atom. The molecule has 3 aromatic rings. The Hall–Kier alpha value is -2.90. The molecule has 0 saturated heterocycles. The number of carbonyl (C=O) groups excluding carboxylic acids is 2. The zero-order chi connectivity index (χ0) is 26.9. The van der Waals surface area contributed by atoms with Crippen molar-refractivity contribution < 1.29 is 14.7 Å². The van der Waals surface area contributed by atoms with Gasteiger partial charge in [0.2, 0.25) is 11.8 Å². The molecule has 8 heteroatoms. The van der Waals surface area contributed by atoms with E-state index < -0.39 is 17.0 Å². The first-order valence-corrected chi connectivity index (χ1v) is 13.6. The second-order valence-electron chi connectivity index (χ2n) is 10.5. The van der Waals surface area contributed by atoms with Crippen LogP contribution in [-0.2, 0) is 27.1 Å². The molecule has 1 aliphatic carbocycles. The van der Waals surface area contributed by atoms with Gasteiger partial charge in [-0.3, -0.25) is 14.9 Å². The molecule has 1 fully saturated rings. The van der Waals surface area contributed by atoms with Crippen molar-refractivity contribution in [3.05, 3.63) is 99.5 Å². The van der Waals surface area contributed by atoms with E-state index in [1.807, 2.05) is 54.6 Å². The second-order valence-corrected chi connectivity index (χ2v) is 11.3. The van der Waals surface area contributed by atoms with Crippen molar-refractivity contribution in [2.45, 2.75) is 55.7 Å². The molecule has 5 N–H and O–H groups in total. The zero-order valence-electron chi connectivity index (χ0n) is 20.9. The largest absolute Gasteiger partial charge is 0.393 e. The zero-order valence-corrected chi connectivity index (χ0v) is 22.4. The number of hydrogen-bond donors (Lipinski definition) is 4. The van der Waals surface area contributed by atoms with Crippen LogP contribution in [0.2, 0.25) is 10.0 Å². The summed E-state index contributed by atoms with van der Waals surface area (Å²) in [4.78, 5) is 26.8. The number of halogens is 2. The summed E-state index contributed by atoms with van der Waals surface area (Å²) in [5.74, 6) is -0.767. The number of rotatable bonds is 8. The Kier molecular flexibility index (Phi) is 7.51. The highest BCUT2D eigenvalue weighted by Crippen LogP contribution is 2.48. The normalized spacial score (nSPS) is 24.3. The summed E-state index contributed by atoms with van der Waals surface area (Å²) in [5.41, 5.74) is 6.82. The lowest BCUT2D eigenvalue weighted by molar-refractivity contribution is -0.127. The number of aliphatic hydroxyl groups is 1. The van der Waals surface area contributed by atoms with Gasteiger partial charge in [-0.15, -0.1) is 0 Å². The molecule has 6 nitrogen and oxygen atoms in total. The van der Waals surface area contributed by atoms with Crippen LogP contribution in [-0.4, -0.2) is 23.0 Å². The lowest BCUT2D eigenvalue weighted by Gasteiger charge is -2.49. The number of anilines is 1. The van der Waals surface area contributed by atoms with Crippen molar-refractivity contribution in [2.24, 2.45) is 11.7 Å². The number of nitrogens with one attached hydrogen (secondary N) is 2. The average Bonchev–Trinajstić information content (AvgIpc) is 3.13. The molecule has 3 aromatic carbocycles. The SMILES string of the molecule is NC(=O)CC(NC1(Cc2cccc(Cl)c2)C(=O)Nc2cc(Cl)ccc21)(c1ccccc1)C1CCC(O)CC1. The van der Waals surface area contributed by atoms with Gasteiger partial charge >= 0.3 is 0 Å². The molecule has 1 saturated carbocycles. The van der Waals surface area contributed by atoms with E-state index in [1.54, 1.807) is 18.2 Å².